The summed E-state index contributed by atoms with van der Waals surface area (Å²) in [6.45, 7) is 9.88. The number of alkyl halides is 3. The second-order valence-electron chi connectivity index (χ2n) is 21.1. The van der Waals surface area contributed by atoms with E-state index in [0.29, 0.717) is 79.9 Å². The highest BCUT2D eigenvalue weighted by atomic mass is 19.4. The zero-order valence-electron chi connectivity index (χ0n) is 36.0. The molecule has 1 amide bonds. The summed E-state index contributed by atoms with van der Waals surface area (Å²) in [4.78, 5) is 31.7. The number of ketones is 1. The van der Waals surface area contributed by atoms with E-state index in [2.05, 4.69) is 39.8 Å². The standard InChI is InChI=1S/C50H62F3NO6/c1-44(2)33-12-11-32(36(44)25-33)28-54(42(56)23-30-10-13-38(59-5)39(22-30)60-6)29-48(58)19-16-41-46(48,4)18-15-40-45(3)17-14-35(55)26-47(45)20-21-49(40,41)37(27-47)43(57)31-8-7-9-34(24-31)50(51,52)53/h7-10,13,20-22,24,27,32-33,35-36,40-41,55,58H,11-12,14-19,23,25-26,28-29H2,1-6H3/t32-,33-,35?,36-,40+,41+,45+,46-,47-,48+,49+/m0/s1. The van der Waals surface area contributed by atoms with E-state index in [9.17, 15) is 28.2 Å². The van der Waals surface area contributed by atoms with Crippen molar-refractivity contribution in [2.24, 2.45) is 56.7 Å². The quantitative estimate of drug-likeness (QED) is 0.183. The molecule has 9 aliphatic carbocycles. The van der Waals surface area contributed by atoms with Crippen molar-refractivity contribution < 1.29 is 42.4 Å². The van der Waals surface area contributed by atoms with Crippen molar-refractivity contribution in [1.29, 1.82) is 0 Å². The average Bonchev–Trinajstić information content (AvgIpc) is 3.49. The van der Waals surface area contributed by atoms with Crippen LogP contribution in [0.4, 0.5) is 13.2 Å². The number of carbonyl (C=O) groups is 2. The Morgan fingerprint density at radius 1 is 0.867 bits per heavy atom. The zero-order chi connectivity index (χ0) is 42.8. The Balaban J connectivity index is 1.09. The molecule has 0 saturated heterocycles. The first kappa shape index (κ1) is 41.7. The molecule has 6 fully saturated rings. The first-order chi connectivity index (χ1) is 28.2. The zero-order valence-corrected chi connectivity index (χ0v) is 36.0. The summed E-state index contributed by atoms with van der Waals surface area (Å²) < 4.78 is 53.2. The molecule has 4 bridgehead atoms. The summed E-state index contributed by atoms with van der Waals surface area (Å²) in [5.74, 6) is 1.96. The molecule has 60 heavy (non-hydrogen) atoms. The first-order valence-corrected chi connectivity index (χ1v) is 22.3. The molecule has 0 aromatic heterocycles. The summed E-state index contributed by atoms with van der Waals surface area (Å²) in [6, 6.07) is 10.3. The molecule has 9 aliphatic rings. The molecule has 0 heterocycles. The number of nitrogens with zero attached hydrogens (tertiary/aromatic N) is 1. The normalized spacial score (nSPS) is 39.4. The maximum atomic E-state index is 15.0. The number of Topliss-reactive ketones (excluding diaryl/α,β-unsaturated/α-hetero) is 1. The molecule has 2 aromatic carbocycles. The van der Waals surface area contributed by atoms with Crippen LogP contribution in [0.15, 0.2) is 66.3 Å². The highest BCUT2D eigenvalue weighted by Crippen LogP contribution is 2.78. The number of carbonyl (C=O) groups excluding carboxylic acids is 2. The van der Waals surface area contributed by atoms with Crippen LogP contribution in [0.3, 0.4) is 0 Å². The molecule has 2 N–H and O–H groups in total. The van der Waals surface area contributed by atoms with Crippen molar-refractivity contribution in [2.75, 3.05) is 27.3 Å². The summed E-state index contributed by atoms with van der Waals surface area (Å²) >= 11 is 0. The highest BCUT2D eigenvalue weighted by Gasteiger charge is 2.74. The average molecular weight is 830 g/mol. The van der Waals surface area contributed by atoms with Crippen LogP contribution in [-0.2, 0) is 17.4 Å². The maximum Gasteiger partial charge on any atom is 0.416 e. The lowest BCUT2D eigenvalue weighted by Gasteiger charge is -2.71. The largest absolute Gasteiger partial charge is 0.493 e. The van der Waals surface area contributed by atoms with Gasteiger partial charge < -0.3 is 24.6 Å². The van der Waals surface area contributed by atoms with E-state index >= 15 is 4.79 Å². The van der Waals surface area contributed by atoms with Crippen molar-refractivity contribution in [3.8, 4) is 11.5 Å². The molecule has 11 atom stereocenters. The number of aliphatic hydroxyl groups excluding tert-OH is 1. The topological polar surface area (TPSA) is 96.3 Å². The molecule has 6 saturated carbocycles. The Hall–Kier alpha value is -3.63. The molecule has 0 radical (unpaired) electrons. The number of hydrogen-bond acceptors (Lipinski definition) is 6. The van der Waals surface area contributed by atoms with E-state index in [1.54, 1.807) is 14.2 Å². The van der Waals surface area contributed by atoms with Gasteiger partial charge in [0, 0.05) is 40.5 Å². The van der Waals surface area contributed by atoms with Gasteiger partial charge in [-0.2, -0.15) is 13.2 Å². The molecule has 11 rings (SSSR count). The van der Waals surface area contributed by atoms with Gasteiger partial charge in [0.1, 0.15) is 0 Å². The second-order valence-corrected chi connectivity index (χ2v) is 21.1. The number of amides is 1. The molecule has 0 aliphatic heterocycles. The van der Waals surface area contributed by atoms with Crippen molar-refractivity contribution >= 4 is 11.7 Å². The van der Waals surface area contributed by atoms with E-state index in [4.69, 9.17) is 9.47 Å². The van der Waals surface area contributed by atoms with Crippen LogP contribution in [0, 0.1) is 56.7 Å². The van der Waals surface area contributed by atoms with Gasteiger partial charge in [0.25, 0.3) is 0 Å². The minimum Gasteiger partial charge on any atom is -0.493 e. The number of methoxy groups -OCH3 is 2. The second kappa shape index (κ2) is 13.9. The van der Waals surface area contributed by atoms with Crippen LogP contribution in [0.1, 0.15) is 113 Å². The third-order valence-electron chi connectivity index (χ3n) is 18.5. The van der Waals surface area contributed by atoms with E-state index in [1.165, 1.54) is 18.6 Å². The lowest BCUT2D eigenvalue weighted by Crippen LogP contribution is -2.67. The summed E-state index contributed by atoms with van der Waals surface area (Å²) in [6.07, 6.45) is 9.05. The van der Waals surface area contributed by atoms with Crippen LogP contribution in [-0.4, -0.2) is 65.8 Å². The van der Waals surface area contributed by atoms with Gasteiger partial charge in [-0.05, 0) is 134 Å². The smallest absolute Gasteiger partial charge is 0.416 e. The van der Waals surface area contributed by atoms with Crippen molar-refractivity contribution in [1.82, 2.24) is 4.90 Å². The third-order valence-corrected chi connectivity index (χ3v) is 18.5. The third kappa shape index (κ3) is 5.87. The number of benzene rings is 2. The van der Waals surface area contributed by atoms with Crippen molar-refractivity contribution in [3.05, 3.63) is 83.0 Å². The molecule has 2 spiro atoms. The fraction of sp³-hybridized carbons (Fsp3) is 0.640. The summed E-state index contributed by atoms with van der Waals surface area (Å²) in [5.41, 5.74) is -3.12. The monoisotopic (exact) mass is 829 g/mol. The van der Waals surface area contributed by atoms with E-state index < -0.39 is 45.5 Å². The van der Waals surface area contributed by atoms with Crippen LogP contribution < -0.4 is 9.47 Å². The van der Waals surface area contributed by atoms with Gasteiger partial charge in [0.15, 0.2) is 17.3 Å². The van der Waals surface area contributed by atoms with Crippen LogP contribution >= 0.6 is 0 Å². The number of halogens is 3. The predicted molar refractivity (Wildman–Crippen MR) is 222 cm³/mol. The number of aliphatic hydroxyl groups is 2. The molecule has 2 aromatic rings. The highest BCUT2D eigenvalue weighted by molar-refractivity contribution is 6.10. The predicted octanol–water partition coefficient (Wildman–Crippen LogP) is 9.64. The SMILES string of the molecule is COc1ccc(CC(=O)N(C[C@@H]2CC[C@H]3C[C@@H]2C3(C)C)C[C@]2(O)CC[C@H]3[C@]45C=C[C@@]6(C=C4C(=O)c4cccc(C(F)(F)F)c4)CC(O)CC[C@]6(C)[C@H]5CC[C@@]32C)cc1OC. The lowest BCUT2D eigenvalue weighted by molar-refractivity contribution is -0.180. The Kier molecular flexibility index (Phi) is 9.69. The number of ether oxygens (including phenoxy) is 2. The Bertz CT molecular complexity index is 2140. The first-order valence-electron chi connectivity index (χ1n) is 22.3. The van der Waals surface area contributed by atoms with Gasteiger partial charge in [-0.3, -0.25) is 9.59 Å². The van der Waals surface area contributed by atoms with Gasteiger partial charge in [0.2, 0.25) is 5.91 Å². The molecular formula is C50H62F3NO6. The number of fused-ring (bicyclic) bond motifs is 3. The molecule has 10 heteroatoms. The van der Waals surface area contributed by atoms with E-state index in [1.807, 2.05) is 29.2 Å². The fourth-order valence-corrected chi connectivity index (χ4v) is 14.9. The minimum atomic E-state index is -4.61. The number of hydrogen-bond donors (Lipinski definition) is 2. The molecule has 1 unspecified atom stereocenters. The Morgan fingerprint density at radius 3 is 2.28 bits per heavy atom. The minimum absolute atomic E-state index is 0.000667. The van der Waals surface area contributed by atoms with Crippen LogP contribution in [0.5, 0.6) is 11.5 Å². The van der Waals surface area contributed by atoms with E-state index in [-0.39, 0.29) is 47.1 Å². The molecule has 7 nitrogen and oxygen atoms in total. The van der Waals surface area contributed by atoms with Gasteiger partial charge >= 0.3 is 6.18 Å². The van der Waals surface area contributed by atoms with Gasteiger partial charge in [0.05, 0.1) is 37.9 Å². The summed E-state index contributed by atoms with van der Waals surface area (Å²) in [7, 11) is 3.16. The Labute approximate surface area is 352 Å². The fourth-order valence-electron chi connectivity index (χ4n) is 14.9. The summed E-state index contributed by atoms with van der Waals surface area (Å²) in [5, 5.41) is 24.5. The molecule has 324 valence electrons. The van der Waals surface area contributed by atoms with Gasteiger partial charge in [-0.25, -0.2) is 0 Å². The lowest BCUT2D eigenvalue weighted by atomic mass is 9.32. The number of rotatable bonds is 10. The molecular weight excluding hydrogens is 768 g/mol. The van der Waals surface area contributed by atoms with Crippen molar-refractivity contribution in [3.63, 3.8) is 0 Å². The van der Waals surface area contributed by atoms with Crippen molar-refractivity contribution in [2.45, 2.75) is 116 Å². The van der Waals surface area contributed by atoms with Gasteiger partial charge in [-0.1, -0.05) is 64.1 Å². The van der Waals surface area contributed by atoms with E-state index in [0.717, 1.165) is 37.0 Å². The number of allylic oxidation sites excluding steroid dienone is 4. The van der Waals surface area contributed by atoms with Crippen LogP contribution in [0.2, 0.25) is 0 Å². The van der Waals surface area contributed by atoms with Crippen LogP contribution in [0.25, 0.3) is 0 Å². The van der Waals surface area contributed by atoms with Gasteiger partial charge in [-0.15, -0.1) is 0 Å². The Morgan fingerprint density at radius 2 is 1.58 bits per heavy atom. The maximum absolute atomic E-state index is 15.0.